The van der Waals surface area contributed by atoms with Crippen LogP contribution in [0.3, 0.4) is 0 Å². The fraction of sp³-hybridized carbons (Fsp3) is 0.438. The molecule has 1 aliphatic rings. The number of amides is 1. The number of nitriles is 1. The minimum absolute atomic E-state index is 0.0753. The van der Waals surface area contributed by atoms with Gasteiger partial charge >= 0.3 is 0 Å². The molecular formula is C16H18N2OS. The van der Waals surface area contributed by atoms with Crippen molar-refractivity contribution in [3.8, 4) is 6.07 Å². The lowest BCUT2D eigenvalue weighted by Gasteiger charge is -2.25. The van der Waals surface area contributed by atoms with Gasteiger partial charge in [-0.1, -0.05) is 38.1 Å². The second-order valence-electron chi connectivity index (χ2n) is 5.29. The third-order valence-electron chi connectivity index (χ3n) is 3.68. The maximum atomic E-state index is 11.7. The Hall–Kier alpha value is -1.60. The molecule has 2 unspecified atom stereocenters. The highest BCUT2D eigenvalue weighted by Gasteiger charge is 2.33. The summed E-state index contributed by atoms with van der Waals surface area (Å²) in [5, 5.41) is 10.0. The molecule has 2 rings (SSSR count). The molecular weight excluding hydrogens is 268 g/mol. The smallest absolute Gasteiger partial charge is 0.247 e. The third kappa shape index (κ3) is 2.94. The molecule has 2 atom stereocenters. The second-order valence-corrected chi connectivity index (χ2v) is 6.11. The zero-order valence-electron chi connectivity index (χ0n) is 12.0. The standard InChI is InChI=1S/C16H18N2OS/c1-10(2)11-4-6-12(7-5-11)13-8-15(19)18-16(20-3)14(13)9-17/h4-7,10,13-14H,8H2,1-3H3. The van der Waals surface area contributed by atoms with Gasteiger partial charge < -0.3 is 0 Å². The van der Waals surface area contributed by atoms with E-state index in [-0.39, 0.29) is 17.7 Å². The lowest BCUT2D eigenvalue weighted by Crippen LogP contribution is -2.26. The van der Waals surface area contributed by atoms with E-state index in [1.807, 2.05) is 18.4 Å². The fourth-order valence-corrected chi connectivity index (χ4v) is 3.14. The molecule has 104 valence electrons. The molecule has 1 aromatic rings. The molecule has 0 fully saturated rings. The number of hydrogen-bond acceptors (Lipinski definition) is 3. The van der Waals surface area contributed by atoms with Gasteiger partial charge in [-0.3, -0.25) is 4.79 Å². The fourth-order valence-electron chi connectivity index (χ4n) is 2.47. The molecule has 0 bridgehead atoms. The number of aliphatic imine (C=N–C) groups is 1. The largest absolute Gasteiger partial charge is 0.273 e. The average Bonchev–Trinajstić information content (AvgIpc) is 2.46. The van der Waals surface area contributed by atoms with Gasteiger partial charge in [0, 0.05) is 12.3 Å². The Morgan fingerprint density at radius 2 is 2.00 bits per heavy atom. The molecule has 0 saturated heterocycles. The molecule has 0 spiro atoms. The van der Waals surface area contributed by atoms with Crippen LogP contribution < -0.4 is 0 Å². The van der Waals surface area contributed by atoms with Crippen LogP contribution in [-0.4, -0.2) is 17.2 Å². The quantitative estimate of drug-likeness (QED) is 0.832. The summed E-state index contributed by atoms with van der Waals surface area (Å²) in [5.74, 6) is -0.0350. The molecule has 0 N–H and O–H groups in total. The molecule has 0 saturated carbocycles. The number of benzene rings is 1. The van der Waals surface area contributed by atoms with Gasteiger partial charge in [-0.25, -0.2) is 4.99 Å². The van der Waals surface area contributed by atoms with Crippen molar-refractivity contribution >= 4 is 22.7 Å². The van der Waals surface area contributed by atoms with E-state index in [0.717, 1.165) is 5.56 Å². The summed E-state index contributed by atoms with van der Waals surface area (Å²) in [6, 6.07) is 10.6. The molecule has 4 heteroatoms. The van der Waals surface area contributed by atoms with Crippen molar-refractivity contribution in [1.29, 1.82) is 5.26 Å². The molecule has 0 radical (unpaired) electrons. The van der Waals surface area contributed by atoms with Gasteiger partial charge in [0.25, 0.3) is 0 Å². The highest BCUT2D eigenvalue weighted by Crippen LogP contribution is 2.35. The van der Waals surface area contributed by atoms with Crippen LogP contribution in [0.1, 0.15) is 43.2 Å². The lowest BCUT2D eigenvalue weighted by atomic mass is 9.82. The number of carbonyl (C=O) groups is 1. The predicted octanol–water partition coefficient (Wildman–Crippen LogP) is 3.73. The van der Waals surface area contributed by atoms with Crippen molar-refractivity contribution in [1.82, 2.24) is 0 Å². The van der Waals surface area contributed by atoms with Crippen LogP contribution in [0.4, 0.5) is 0 Å². The summed E-state index contributed by atoms with van der Waals surface area (Å²) < 4.78 is 0. The lowest BCUT2D eigenvalue weighted by molar-refractivity contribution is -0.118. The van der Waals surface area contributed by atoms with Gasteiger partial charge in [0.15, 0.2) is 0 Å². The van der Waals surface area contributed by atoms with E-state index in [4.69, 9.17) is 0 Å². The molecule has 1 amide bonds. The summed E-state index contributed by atoms with van der Waals surface area (Å²) in [7, 11) is 0. The van der Waals surface area contributed by atoms with Gasteiger partial charge in [-0.05, 0) is 23.3 Å². The summed E-state index contributed by atoms with van der Waals surface area (Å²) in [6.45, 7) is 4.30. The zero-order chi connectivity index (χ0) is 14.7. The minimum atomic E-state index is -0.312. The first-order chi connectivity index (χ1) is 9.56. The van der Waals surface area contributed by atoms with Crippen LogP contribution in [0.25, 0.3) is 0 Å². The van der Waals surface area contributed by atoms with E-state index in [9.17, 15) is 10.1 Å². The van der Waals surface area contributed by atoms with Crippen molar-refractivity contribution in [3.63, 3.8) is 0 Å². The Morgan fingerprint density at radius 1 is 1.35 bits per heavy atom. The first kappa shape index (κ1) is 14.8. The van der Waals surface area contributed by atoms with E-state index in [2.05, 4.69) is 37.0 Å². The first-order valence-corrected chi connectivity index (χ1v) is 7.94. The molecule has 0 aliphatic carbocycles. The van der Waals surface area contributed by atoms with Crippen LogP contribution in [-0.2, 0) is 4.79 Å². The number of thioether (sulfide) groups is 1. The monoisotopic (exact) mass is 286 g/mol. The molecule has 0 aromatic heterocycles. The van der Waals surface area contributed by atoms with Crippen molar-refractivity contribution in [3.05, 3.63) is 35.4 Å². The van der Waals surface area contributed by atoms with Crippen molar-refractivity contribution < 1.29 is 4.79 Å². The van der Waals surface area contributed by atoms with Gasteiger partial charge in [0.1, 0.15) is 5.92 Å². The SMILES string of the molecule is CSC1=NC(=O)CC(c2ccc(C(C)C)cc2)C1C#N. The topological polar surface area (TPSA) is 53.2 Å². The Kier molecular flexibility index (Phi) is 4.61. The molecule has 3 nitrogen and oxygen atoms in total. The maximum absolute atomic E-state index is 11.7. The Balaban J connectivity index is 2.34. The van der Waals surface area contributed by atoms with E-state index < -0.39 is 0 Å². The van der Waals surface area contributed by atoms with Gasteiger partial charge in [0.05, 0.1) is 11.1 Å². The molecule has 1 aliphatic heterocycles. The third-order valence-corrected chi connectivity index (χ3v) is 4.44. The number of carbonyl (C=O) groups excluding carboxylic acids is 1. The highest BCUT2D eigenvalue weighted by molar-refractivity contribution is 8.13. The van der Waals surface area contributed by atoms with Crippen LogP contribution >= 0.6 is 11.8 Å². The Bertz CT molecular complexity index is 569. The summed E-state index contributed by atoms with van der Waals surface area (Å²) in [6.07, 6.45) is 2.18. The van der Waals surface area contributed by atoms with Crippen LogP contribution in [0.15, 0.2) is 29.3 Å². The summed E-state index contributed by atoms with van der Waals surface area (Å²) >= 11 is 1.40. The highest BCUT2D eigenvalue weighted by atomic mass is 32.2. The van der Waals surface area contributed by atoms with E-state index in [0.29, 0.717) is 17.4 Å². The van der Waals surface area contributed by atoms with Gasteiger partial charge in [0.2, 0.25) is 5.91 Å². The predicted molar refractivity (Wildman–Crippen MR) is 82.9 cm³/mol. The van der Waals surface area contributed by atoms with Crippen molar-refractivity contribution in [2.45, 2.75) is 32.1 Å². The van der Waals surface area contributed by atoms with E-state index >= 15 is 0 Å². The van der Waals surface area contributed by atoms with Crippen LogP contribution in [0.5, 0.6) is 0 Å². The molecule has 1 heterocycles. The minimum Gasteiger partial charge on any atom is -0.273 e. The number of nitrogens with zero attached hydrogens (tertiary/aromatic N) is 2. The maximum Gasteiger partial charge on any atom is 0.247 e. The summed E-state index contributed by atoms with van der Waals surface area (Å²) in [4.78, 5) is 15.7. The molecule has 1 aromatic carbocycles. The van der Waals surface area contributed by atoms with Crippen LogP contribution in [0.2, 0.25) is 0 Å². The average molecular weight is 286 g/mol. The van der Waals surface area contributed by atoms with E-state index in [1.165, 1.54) is 17.3 Å². The van der Waals surface area contributed by atoms with Crippen molar-refractivity contribution in [2.75, 3.05) is 6.26 Å². The Morgan fingerprint density at radius 3 is 2.50 bits per heavy atom. The second kappa shape index (κ2) is 6.23. The molecule has 20 heavy (non-hydrogen) atoms. The number of hydrogen-bond donors (Lipinski definition) is 0. The van der Waals surface area contributed by atoms with Crippen molar-refractivity contribution in [2.24, 2.45) is 10.9 Å². The van der Waals surface area contributed by atoms with Gasteiger partial charge in [-0.2, -0.15) is 5.26 Å². The van der Waals surface area contributed by atoms with Gasteiger partial charge in [-0.15, -0.1) is 11.8 Å². The normalized spacial score (nSPS) is 22.6. The summed E-state index contributed by atoms with van der Waals surface area (Å²) in [5.41, 5.74) is 2.32. The first-order valence-electron chi connectivity index (χ1n) is 6.71. The zero-order valence-corrected chi connectivity index (χ0v) is 12.8. The Labute approximate surface area is 124 Å². The van der Waals surface area contributed by atoms with E-state index in [1.54, 1.807) is 0 Å². The van der Waals surface area contributed by atoms with Crippen LogP contribution in [0, 0.1) is 17.2 Å². The number of rotatable bonds is 2.